The topological polar surface area (TPSA) is 83.1 Å². The number of nitrogens with zero attached hydrogens (tertiary/aromatic N) is 1. The van der Waals surface area contributed by atoms with Crippen LogP contribution in [0, 0.1) is 18.7 Å². The predicted molar refractivity (Wildman–Crippen MR) is 119 cm³/mol. The molecule has 164 valence electrons. The van der Waals surface area contributed by atoms with Crippen LogP contribution in [-0.2, 0) is 4.79 Å². The molecule has 0 aliphatic carbocycles. The zero-order valence-electron chi connectivity index (χ0n) is 18.6. The Morgan fingerprint density at radius 2 is 1.73 bits per heavy atom. The van der Waals surface area contributed by atoms with Gasteiger partial charge >= 0.3 is 6.03 Å². The van der Waals surface area contributed by atoms with Crippen LogP contribution < -0.4 is 16.0 Å². The van der Waals surface area contributed by atoms with Gasteiger partial charge in [0.05, 0.1) is 16.6 Å². The smallest absolute Gasteiger partial charge is 0.315 e. The van der Waals surface area contributed by atoms with E-state index in [9.17, 15) is 14.0 Å². The lowest BCUT2D eigenvalue weighted by Gasteiger charge is -2.27. The third-order valence-corrected chi connectivity index (χ3v) is 5.79. The van der Waals surface area contributed by atoms with Gasteiger partial charge in [0.1, 0.15) is 16.9 Å². The summed E-state index contributed by atoms with van der Waals surface area (Å²) in [5.41, 5.74) is 0.777. The van der Waals surface area contributed by atoms with E-state index in [0.29, 0.717) is 10.6 Å². The Labute approximate surface area is 181 Å². The summed E-state index contributed by atoms with van der Waals surface area (Å²) in [7, 11) is 0. The number of nitrogens with one attached hydrogen (secondary N) is 3. The monoisotopic (exact) mass is 434 g/mol. The summed E-state index contributed by atoms with van der Waals surface area (Å²) in [4.78, 5) is 30.5. The predicted octanol–water partition coefficient (Wildman–Crippen LogP) is 4.56. The molecule has 3 amide bonds. The number of carbonyl (C=O) groups excluding carboxylic acids is 2. The Kier molecular flexibility index (Phi) is 7.58. The molecule has 0 saturated heterocycles. The van der Waals surface area contributed by atoms with Crippen LogP contribution >= 0.6 is 11.3 Å². The average Bonchev–Trinajstić information content (AvgIpc) is 2.99. The average molecular weight is 435 g/mol. The summed E-state index contributed by atoms with van der Waals surface area (Å²) in [6.45, 7) is 13.1. The van der Waals surface area contributed by atoms with Crippen molar-refractivity contribution >= 4 is 23.3 Å². The molecule has 0 aliphatic rings. The number of hydrogen-bond acceptors (Lipinski definition) is 4. The number of aryl methyl sites for hydroxylation is 1. The van der Waals surface area contributed by atoms with Crippen LogP contribution in [0.15, 0.2) is 24.3 Å². The van der Waals surface area contributed by atoms with Crippen molar-refractivity contribution in [1.82, 2.24) is 20.9 Å². The van der Waals surface area contributed by atoms with Crippen molar-refractivity contribution in [3.8, 4) is 10.6 Å². The van der Waals surface area contributed by atoms with Crippen LogP contribution in [0.3, 0.4) is 0 Å². The molecule has 2 aromatic rings. The van der Waals surface area contributed by atoms with E-state index in [2.05, 4.69) is 20.9 Å². The van der Waals surface area contributed by atoms with E-state index in [1.54, 1.807) is 18.2 Å². The van der Waals surface area contributed by atoms with Crippen LogP contribution in [-0.4, -0.2) is 28.5 Å². The van der Waals surface area contributed by atoms with Crippen LogP contribution in [0.1, 0.15) is 58.2 Å². The van der Waals surface area contributed by atoms with Crippen molar-refractivity contribution in [3.63, 3.8) is 0 Å². The standard InChI is InChI=1S/C22H31FN4O2S/c1-12(2)17(26-21(29)27-22(5,6)7)19(28)24-13(3)18-14(4)25-20(30-18)15-10-8-9-11-16(15)23/h8-13,17H,1-7H3,(H,24,28)(H2,26,27,29)/t13-,17-/m0/s1. The molecule has 1 heterocycles. The van der Waals surface area contributed by atoms with Gasteiger partial charge < -0.3 is 16.0 Å². The zero-order valence-corrected chi connectivity index (χ0v) is 19.4. The van der Waals surface area contributed by atoms with Gasteiger partial charge in [0.15, 0.2) is 0 Å². The first kappa shape index (κ1) is 23.8. The fourth-order valence-corrected chi connectivity index (χ4v) is 4.08. The first-order chi connectivity index (χ1) is 13.9. The van der Waals surface area contributed by atoms with Crippen molar-refractivity contribution in [1.29, 1.82) is 0 Å². The largest absolute Gasteiger partial charge is 0.347 e. The highest BCUT2D eigenvalue weighted by Crippen LogP contribution is 2.33. The molecular formula is C22H31FN4O2S. The highest BCUT2D eigenvalue weighted by atomic mass is 32.1. The molecule has 0 aliphatic heterocycles. The van der Waals surface area contributed by atoms with Gasteiger partial charge in [-0.2, -0.15) is 0 Å². The molecular weight excluding hydrogens is 403 g/mol. The van der Waals surface area contributed by atoms with E-state index in [1.807, 2.05) is 48.5 Å². The van der Waals surface area contributed by atoms with E-state index >= 15 is 0 Å². The maximum Gasteiger partial charge on any atom is 0.315 e. The molecule has 0 spiro atoms. The molecule has 2 atom stereocenters. The first-order valence-electron chi connectivity index (χ1n) is 10.0. The number of rotatable bonds is 6. The molecule has 0 radical (unpaired) electrons. The van der Waals surface area contributed by atoms with E-state index in [4.69, 9.17) is 0 Å². The second-order valence-corrected chi connectivity index (χ2v) is 9.78. The minimum absolute atomic E-state index is 0.0977. The number of urea groups is 1. The number of amides is 3. The minimum atomic E-state index is -0.686. The SMILES string of the molecule is Cc1nc(-c2ccccc2F)sc1[C@H](C)NC(=O)[C@@H](NC(=O)NC(C)(C)C)C(C)C. The lowest BCUT2D eigenvalue weighted by molar-refractivity contribution is -0.124. The second-order valence-electron chi connectivity index (χ2n) is 8.75. The van der Waals surface area contributed by atoms with Crippen molar-refractivity contribution in [2.75, 3.05) is 0 Å². The van der Waals surface area contributed by atoms with Crippen LogP contribution in [0.2, 0.25) is 0 Å². The van der Waals surface area contributed by atoms with Gasteiger partial charge in [0.2, 0.25) is 5.91 Å². The number of hydrogen-bond donors (Lipinski definition) is 3. The maximum atomic E-state index is 14.1. The summed E-state index contributed by atoms with van der Waals surface area (Å²) in [6.07, 6.45) is 0. The molecule has 0 bridgehead atoms. The first-order valence-corrected chi connectivity index (χ1v) is 10.8. The van der Waals surface area contributed by atoms with E-state index < -0.39 is 11.6 Å². The number of carbonyl (C=O) groups is 2. The zero-order chi connectivity index (χ0) is 22.6. The molecule has 1 aromatic carbocycles. The molecule has 8 heteroatoms. The highest BCUT2D eigenvalue weighted by molar-refractivity contribution is 7.15. The van der Waals surface area contributed by atoms with Gasteiger partial charge in [0, 0.05) is 11.1 Å². The third-order valence-electron chi connectivity index (χ3n) is 4.41. The third kappa shape index (κ3) is 6.26. The van der Waals surface area contributed by atoms with Crippen molar-refractivity contribution in [2.24, 2.45) is 5.92 Å². The van der Waals surface area contributed by atoms with Crippen LogP contribution in [0.25, 0.3) is 10.6 Å². The lowest BCUT2D eigenvalue weighted by Crippen LogP contribution is -2.55. The quantitative estimate of drug-likeness (QED) is 0.623. The fraction of sp³-hybridized carbons (Fsp3) is 0.500. The van der Waals surface area contributed by atoms with Crippen LogP contribution in [0.5, 0.6) is 0 Å². The molecule has 0 fully saturated rings. The molecule has 6 nitrogen and oxygen atoms in total. The van der Waals surface area contributed by atoms with Gasteiger partial charge in [0.25, 0.3) is 0 Å². The second kappa shape index (κ2) is 9.55. The van der Waals surface area contributed by atoms with Crippen molar-refractivity contribution in [2.45, 2.75) is 66.1 Å². The Morgan fingerprint density at radius 3 is 2.30 bits per heavy atom. The molecule has 0 saturated carbocycles. The molecule has 2 rings (SSSR count). The minimum Gasteiger partial charge on any atom is -0.347 e. The molecule has 1 aromatic heterocycles. The maximum absolute atomic E-state index is 14.1. The Morgan fingerprint density at radius 1 is 1.10 bits per heavy atom. The lowest BCUT2D eigenvalue weighted by atomic mass is 10.0. The number of aromatic nitrogens is 1. The van der Waals surface area contributed by atoms with E-state index in [-0.39, 0.29) is 29.7 Å². The highest BCUT2D eigenvalue weighted by Gasteiger charge is 2.28. The van der Waals surface area contributed by atoms with Gasteiger partial charge in [-0.15, -0.1) is 11.3 Å². The summed E-state index contributed by atoms with van der Waals surface area (Å²) >= 11 is 1.35. The Balaban J connectivity index is 2.13. The number of benzene rings is 1. The molecule has 0 unspecified atom stereocenters. The van der Waals surface area contributed by atoms with Gasteiger partial charge in [-0.1, -0.05) is 26.0 Å². The van der Waals surface area contributed by atoms with Crippen molar-refractivity contribution in [3.05, 3.63) is 40.7 Å². The summed E-state index contributed by atoms with van der Waals surface area (Å²) in [6, 6.07) is 5.09. The number of thiazole rings is 1. The summed E-state index contributed by atoms with van der Waals surface area (Å²) in [5.74, 6) is -0.704. The van der Waals surface area contributed by atoms with E-state index in [1.165, 1.54) is 17.4 Å². The Hall–Kier alpha value is -2.48. The summed E-state index contributed by atoms with van der Waals surface area (Å²) in [5, 5.41) is 9.10. The fourth-order valence-electron chi connectivity index (χ4n) is 2.98. The number of halogens is 1. The van der Waals surface area contributed by atoms with Gasteiger partial charge in [-0.3, -0.25) is 4.79 Å². The molecule has 3 N–H and O–H groups in total. The molecule has 30 heavy (non-hydrogen) atoms. The van der Waals surface area contributed by atoms with Gasteiger partial charge in [-0.05, 0) is 52.7 Å². The van der Waals surface area contributed by atoms with E-state index in [0.717, 1.165) is 10.6 Å². The van der Waals surface area contributed by atoms with Gasteiger partial charge in [-0.25, -0.2) is 14.2 Å². The van der Waals surface area contributed by atoms with Crippen LogP contribution in [0.4, 0.5) is 9.18 Å². The summed E-state index contributed by atoms with van der Waals surface area (Å²) < 4.78 is 14.1. The normalized spacial score (nSPS) is 13.6. The van der Waals surface area contributed by atoms with Crippen molar-refractivity contribution < 1.29 is 14.0 Å². The Bertz CT molecular complexity index is 905.